The number of carbonyl (C=O) groups excluding carboxylic acids is 1. The average Bonchev–Trinajstić information content (AvgIpc) is 2.61. The molecule has 0 radical (unpaired) electrons. The van der Waals surface area contributed by atoms with Gasteiger partial charge in [-0.2, -0.15) is 0 Å². The van der Waals surface area contributed by atoms with E-state index < -0.39 is 11.7 Å². The van der Waals surface area contributed by atoms with Gasteiger partial charge in [0.2, 0.25) is 5.91 Å². The molecule has 3 aromatic rings. The van der Waals surface area contributed by atoms with Crippen LogP contribution in [-0.2, 0) is 24.4 Å². The fourth-order valence-corrected chi connectivity index (χ4v) is 3.13. The van der Waals surface area contributed by atoms with Crippen molar-refractivity contribution in [1.82, 2.24) is 14.5 Å². The van der Waals surface area contributed by atoms with Crippen molar-refractivity contribution in [3.8, 4) is 0 Å². The molecule has 0 aliphatic heterocycles. The minimum Gasteiger partial charge on any atom is -0.368 e. The molecule has 3 rings (SSSR count). The molecule has 1 aromatic heterocycles. The Morgan fingerprint density at radius 2 is 1.96 bits per heavy atom. The first-order valence-corrected chi connectivity index (χ1v) is 8.63. The number of hydrogen-bond donors (Lipinski definition) is 1. The van der Waals surface area contributed by atoms with E-state index in [9.17, 15) is 14.0 Å². The second-order valence-electron chi connectivity index (χ2n) is 6.28. The molecule has 2 N–H and O–H groups in total. The van der Waals surface area contributed by atoms with Crippen molar-refractivity contribution >= 4 is 28.4 Å². The molecule has 2 aromatic carbocycles. The van der Waals surface area contributed by atoms with Gasteiger partial charge in [0.15, 0.2) is 0 Å². The summed E-state index contributed by atoms with van der Waals surface area (Å²) in [4.78, 5) is 30.4. The third-order valence-corrected chi connectivity index (χ3v) is 4.51. The lowest BCUT2D eigenvalue weighted by atomic mass is 10.2. The number of amides is 1. The van der Waals surface area contributed by atoms with Gasteiger partial charge < -0.3 is 5.73 Å². The van der Waals surface area contributed by atoms with Gasteiger partial charge in [0.25, 0.3) is 5.56 Å². The molecule has 0 aliphatic rings. The van der Waals surface area contributed by atoms with Gasteiger partial charge in [-0.1, -0.05) is 29.8 Å². The average molecular weight is 389 g/mol. The van der Waals surface area contributed by atoms with Crippen LogP contribution in [-0.4, -0.2) is 27.4 Å². The Morgan fingerprint density at radius 1 is 1.22 bits per heavy atom. The predicted molar refractivity (Wildman–Crippen MR) is 102 cm³/mol. The maximum atomic E-state index is 14.0. The second kappa shape index (κ2) is 7.85. The summed E-state index contributed by atoms with van der Waals surface area (Å²) in [5.74, 6) is -0.682. The molecule has 0 atom stereocenters. The molecule has 0 fully saturated rings. The van der Waals surface area contributed by atoms with E-state index in [1.165, 1.54) is 16.7 Å². The van der Waals surface area contributed by atoms with Crippen molar-refractivity contribution in [3.05, 3.63) is 75.0 Å². The number of hydrogen-bond acceptors (Lipinski definition) is 4. The van der Waals surface area contributed by atoms with Crippen molar-refractivity contribution in [2.45, 2.75) is 19.6 Å². The Kier molecular flexibility index (Phi) is 5.53. The number of nitrogens with zero attached hydrogens (tertiary/aromatic N) is 3. The smallest absolute Gasteiger partial charge is 0.261 e. The SMILES string of the molecule is CN(Cc1c(F)cccc1Cl)Cc1nc2ccccc2c(=O)n1CC(N)=O. The predicted octanol–water partition coefficient (Wildman–Crippen LogP) is 2.31. The fourth-order valence-electron chi connectivity index (χ4n) is 2.90. The zero-order valence-corrected chi connectivity index (χ0v) is 15.4. The molecule has 0 spiro atoms. The first-order valence-electron chi connectivity index (χ1n) is 8.25. The number of primary amides is 1. The normalized spacial score (nSPS) is 11.3. The number of aromatic nitrogens is 2. The molecule has 27 heavy (non-hydrogen) atoms. The van der Waals surface area contributed by atoms with Gasteiger partial charge in [-0.05, 0) is 31.3 Å². The van der Waals surface area contributed by atoms with Crippen molar-refractivity contribution in [1.29, 1.82) is 0 Å². The summed E-state index contributed by atoms with van der Waals surface area (Å²) in [6.07, 6.45) is 0. The molecule has 0 saturated heterocycles. The molecule has 8 heteroatoms. The minimum atomic E-state index is -0.643. The molecule has 0 bridgehead atoms. The van der Waals surface area contributed by atoms with Crippen molar-refractivity contribution in [2.24, 2.45) is 5.73 Å². The fraction of sp³-hybridized carbons (Fsp3) is 0.211. The van der Waals surface area contributed by atoms with Gasteiger partial charge in [0.05, 0.1) is 17.4 Å². The minimum absolute atomic E-state index is 0.206. The highest BCUT2D eigenvalue weighted by molar-refractivity contribution is 6.31. The van der Waals surface area contributed by atoms with Gasteiger partial charge in [0.1, 0.15) is 18.2 Å². The van der Waals surface area contributed by atoms with Crippen molar-refractivity contribution in [2.75, 3.05) is 7.05 Å². The maximum absolute atomic E-state index is 14.0. The van der Waals surface area contributed by atoms with Crippen LogP contribution in [0.1, 0.15) is 11.4 Å². The van der Waals surface area contributed by atoms with Crippen LogP contribution in [0.5, 0.6) is 0 Å². The molecule has 0 unspecified atom stereocenters. The van der Waals surface area contributed by atoms with Gasteiger partial charge in [0, 0.05) is 17.1 Å². The van der Waals surface area contributed by atoms with Crippen LogP contribution in [0, 0.1) is 5.82 Å². The zero-order chi connectivity index (χ0) is 19.6. The quantitative estimate of drug-likeness (QED) is 0.702. The largest absolute Gasteiger partial charge is 0.368 e. The zero-order valence-electron chi connectivity index (χ0n) is 14.7. The summed E-state index contributed by atoms with van der Waals surface area (Å²) in [5, 5.41) is 0.727. The topological polar surface area (TPSA) is 81.2 Å². The molecule has 140 valence electrons. The molecule has 1 amide bonds. The van der Waals surface area contributed by atoms with E-state index >= 15 is 0 Å². The summed E-state index contributed by atoms with van der Waals surface area (Å²) in [6.45, 7) is 0.142. The molecular weight excluding hydrogens is 371 g/mol. The van der Waals surface area contributed by atoms with Crippen LogP contribution < -0.4 is 11.3 Å². The number of halogens is 2. The van der Waals surface area contributed by atoms with E-state index in [0.717, 1.165) is 0 Å². The van der Waals surface area contributed by atoms with Gasteiger partial charge in [-0.3, -0.25) is 19.1 Å². The number of fused-ring (bicyclic) bond motifs is 1. The maximum Gasteiger partial charge on any atom is 0.261 e. The standard InChI is InChI=1S/C19H18ClFN4O2/c1-24(9-13-14(20)6-4-7-15(13)21)11-18-23-16-8-3-2-5-12(16)19(27)25(18)10-17(22)26/h2-8H,9-11H2,1H3,(H2,22,26). The first-order chi connectivity index (χ1) is 12.9. The Labute approximate surface area is 160 Å². The van der Waals surface area contributed by atoms with Crippen LogP contribution in [0.15, 0.2) is 47.3 Å². The summed E-state index contributed by atoms with van der Waals surface area (Å²) in [7, 11) is 1.75. The Balaban J connectivity index is 1.97. The Bertz CT molecular complexity index is 1050. The molecule has 1 heterocycles. The first kappa shape index (κ1) is 19.0. The number of rotatable bonds is 6. The highest BCUT2D eigenvalue weighted by Crippen LogP contribution is 2.21. The van der Waals surface area contributed by atoms with E-state index in [-0.39, 0.29) is 25.2 Å². The molecular formula is C19H18ClFN4O2. The highest BCUT2D eigenvalue weighted by atomic mass is 35.5. The van der Waals surface area contributed by atoms with Crippen LogP contribution >= 0.6 is 11.6 Å². The van der Waals surface area contributed by atoms with Crippen LogP contribution in [0.4, 0.5) is 4.39 Å². The number of benzene rings is 2. The summed E-state index contributed by atoms with van der Waals surface area (Å²) in [6, 6.07) is 11.4. The van der Waals surface area contributed by atoms with Gasteiger partial charge in [-0.15, -0.1) is 0 Å². The summed E-state index contributed by atoms with van der Waals surface area (Å²) < 4.78 is 15.3. The lowest BCUT2D eigenvalue weighted by Gasteiger charge is -2.20. The van der Waals surface area contributed by atoms with Gasteiger partial charge in [-0.25, -0.2) is 9.37 Å². The lowest BCUT2D eigenvalue weighted by Crippen LogP contribution is -2.33. The molecule has 6 nitrogen and oxygen atoms in total. The lowest BCUT2D eigenvalue weighted by molar-refractivity contribution is -0.118. The van der Waals surface area contributed by atoms with Crippen LogP contribution in [0.3, 0.4) is 0 Å². The van der Waals surface area contributed by atoms with Crippen LogP contribution in [0.25, 0.3) is 10.9 Å². The van der Waals surface area contributed by atoms with E-state index in [0.29, 0.717) is 27.3 Å². The molecule has 0 saturated carbocycles. The van der Waals surface area contributed by atoms with Crippen molar-refractivity contribution < 1.29 is 9.18 Å². The second-order valence-corrected chi connectivity index (χ2v) is 6.68. The monoisotopic (exact) mass is 388 g/mol. The number of carbonyl (C=O) groups is 1. The number of para-hydroxylation sites is 1. The van der Waals surface area contributed by atoms with E-state index in [1.54, 1.807) is 42.3 Å². The number of nitrogens with two attached hydrogens (primary N) is 1. The Hall–Kier alpha value is -2.77. The van der Waals surface area contributed by atoms with E-state index in [1.807, 2.05) is 0 Å². The third-order valence-electron chi connectivity index (χ3n) is 4.16. The van der Waals surface area contributed by atoms with Crippen LogP contribution in [0.2, 0.25) is 5.02 Å². The third kappa shape index (κ3) is 4.15. The van der Waals surface area contributed by atoms with E-state index in [4.69, 9.17) is 17.3 Å². The van der Waals surface area contributed by atoms with E-state index in [2.05, 4.69) is 4.98 Å². The summed E-state index contributed by atoms with van der Waals surface area (Å²) >= 11 is 6.08. The summed E-state index contributed by atoms with van der Waals surface area (Å²) in [5.41, 5.74) is 5.83. The Morgan fingerprint density at radius 3 is 2.67 bits per heavy atom. The van der Waals surface area contributed by atoms with Gasteiger partial charge >= 0.3 is 0 Å². The van der Waals surface area contributed by atoms with Crippen molar-refractivity contribution in [3.63, 3.8) is 0 Å². The molecule has 0 aliphatic carbocycles. The highest BCUT2D eigenvalue weighted by Gasteiger charge is 2.16.